The van der Waals surface area contributed by atoms with Gasteiger partial charge >= 0.3 is 0 Å². The minimum absolute atomic E-state index is 0.0223. The molecule has 1 fully saturated rings. The molecule has 0 spiro atoms. The highest BCUT2D eigenvalue weighted by Gasteiger charge is 2.24. The molecule has 0 saturated carbocycles. The maximum absolute atomic E-state index is 13.1. The van der Waals surface area contributed by atoms with Gasteiger partial charge in [0, 0.05) is 45.8 Å². The summed E-state index contributed by atoms with van der Waals surface area (Å²) in [5.41, 5.74) is 4.84. The predicted octanol–water partition coefficient (Wildman–Crippen LogP) is 2.20. The quantitative estimate of drug-likeness (QED) is 0.560. The Morgan fingerprint density at radius 3 is 2.73 bits per heavy atom. The number of piperazine rings is 1. The number of hydrogen-bond acceptors (Lipinski definition) is 6. The Bertz CT molecular complexity index is 1220. The summed E-state index contributed by atoms with van der Waals surface area (Å²) in [6.45, 7) is 5.46. The summed E-state index contributed by atoms with van der Waals surface area (Å²) in [6, 6.07) is 9.82. The van der Waals surface area contributed by atoms with Crippen molar-refractivity contribution < 1.29 is 14.3 Å². The van der Waals surface area contributed by atoms with Crippen molar-refractivity contribution in [2.45, 2.75) is 6.92 Å². The predicted molar refractivity (Wildman–Crippen MR) is 112 cm³/mol. The molecule has 8 heteroatoms. The van der Waals surface area contributed by atoms with Crippen molar-refractivity contribution >= 4 is 22.7 Å². The number of benzene rings is 1. The van der Waals surface area contributed by atoms with Gasteiger partial charge in [0.1, 0.15) is 16.9 Å². The lowest BCUT2D eigenvalue weighted by atomic mass is 10.1. The molecule has 3 aromatic heterocycles. The van der Waals surface area contributed by atoms with E-state index < -0.39 is 0 Å². The maximum atomic E-state index is 13.1. The van der Waals surface area contributed by atoms with Crippen molar-refractivity contribution in [2.24, 2.45) is 0 Å². The molecule has 5 rings (SSSR count). The molecule has 4 heterocycles. The molecule has 0 bridgehead atoms. The van der Waals surface area contributed by atoms with Crippen molar-refractivity contribution in [1.29, 1.82) is 0 Å². The number of nitrogens with zero attached hydrogens (tertiary/aromatic N) is 5. The number of carbonyl (C=O) groups is 1. The molecule has 154 valence electrons. The van der Waals surface area contributed by atoms with E-state index in [9.17, 15) is 4.79 Å². The molecule has 1 aliphatic heterocycles. The number of hydrogen-bond donors (Lipinski definition) is 1. The van der Waals surface area contributed by atoms with Crippen molar-refractivity contribution in [3.05, 3.63) is 54.3 Å². The summed E-state index contributed by atoms with van der Waals surface area (Å²) >= 11 is 0. The van der Waals surface area contributed by atoms with Gasteiger partial charge < -0.3 is 14.4 Å². The van der Waals surface area contributed by atoms with Crippen molar-refractivity contribution in [1.82, 2.24) is 24.2 Å². The third kappa shape index (κ3) is 3.34. The monoisotopic (exact) mass is 405 g/mol. The number of β-amino-alcohol motifs (C(OH)–C–C–N with tert-alkyl or cyclic N) is 1. The molecule has 4 aromatic rings. The number of imidazole rings is 1. The fraction of sp³-hybridized carbons (Fsp3) is 0.318. The SMILES string of the molecule is Cc1nc2cc(-c3ccc4ncc(C(=O)N5CCN(CCO)CC5)n4c3)ccc2o1. The Morgan fingerprint density at radius 2 is 1.93 bits per heavy atom. The largest absolute Gasteiger partial charge is 0.441 e. The number of oxazole rings is 1. The number of aliphatic hydroxyl groups excluding tert-OH is 1. The van der Waals surface area contributed by atoms with E-state index in [1.54, 1.807) is 6.20 Å². The molecule has 1 amide bonds. The smallest absolute Gasteiger partial charge is 0.272 e. The van der Waals surface area contributed by atoms with E-state index >= 15 is 0 Å². The molecule has 1 N–H and O–H groups in total. The van der Waals surface area contributed by atoms with Gasteiger partial charge in [0.05, 0.1) is 12.8 Å². The van der Waals surface area contributed by atoms with Crippen molar-refractivity contribution in [3.8, 4) is 11.1 Å². The minimum atomic E-state index is -0.0223. The first-order chi connectivity index (χ1) is 14.6. The molecule has 30 heavy (non-hydrogen) atoms. The van der Waals surface area contributed by atoms with Gasteiger partial charge in [-0.25, -0.2) is 9.97 Å². The summed E-state index contributed by atoms with van der Waals surface area (Å²) < 4.78 is 7.42. The molecular formula is C22H23N5O3. The van der Waals surface area contributed by atoms with Crippen LogP contribution < -0.4 is 0 Å². The lowest BCUT2D eigenvalue weighted by Crippen LogP contribution is -2.49. The molecule has 0 aliphatic carbocycles. The standard InChI is InChI=1S/C22H23N5O3/c1-15-24-18-12-16(2-4-20(18)30-15)17-3-5-21-23-13-19(27(21)14-17)22(29)26-8-6-25(7-9-26)10-11-28/h2-5,12-14,28H,6-11H2,1H3. The van der Waals surface area contributed by atoms with E-state index in [-0.39, 0.29) is 12.5 Å². The first-order valence-electron chi connectivity index (χ1n) is 10.1. The van der Waals surface area contributed by atoms with Gasteiger partial charge in [0.2, 0.25) is 0 Å². The zero-order valence-corrected chi connectivity index (χ0v) is 16.8. The van der Waals surface area contributed by atoms with E-state index in [4.69, 9.17) is 9.52 Å². The number of rotatable bonds is 4. The van der Waals surface area contributed by atoms with E-state index in [2.05, 4.69) is 14.9 Å². The zero-order valence-electron chi connectivity index (χ0n) is 16.8. The number of aliphatic hydroxyl groups is 1. The Morgan fingerprint density at radius 1 is 1.13 bits per heavy atom. The van der Waals surface area contributed by atoms with Crippen LogP contribution in [0.3, 0.4) is 0 Å². The number of carbonyl (C=O) groups excluding carboxylic acids is 1. The van der Waals surface area contributed by atoms with Gasteiger partial charge in [-0.3, -0.25) is 14.1 Å². The summed E-state index contributed by atoms with van der Waals surface area (Å²) in [6.07, 6.45) is 3.59. The van der Waals surface area contributed by atoms with Gasteiger partial charge in [-0.15, -0.1) is 0 Å². The molecule has 1 aromatic carbocycles. The van der Waals surface area contributed by atoms with Crippen molar-refractivity contribution in [3.63, 3.8) is 0 Å². The highest BCUT2D eigenvalue weighted by Crippen LogP contribution is 2.26. The van der Waals surface area contributed by atoms with Crippen LogP contribution in [-0.2, 0) is 0 Å². The average molecular weight is 405 g/mol. The van der Waals surface area contributed by atoms with E-state index in [0.717, 1.165) is 41.0 Å². The molecule has 1 aliphatic rings. The Labute approximate surface area is 173 Å². The summed E-state index contributed by atoms with van der Waals surface area (Å²) in [5, 5.41) is 9.10. The fourth-order valence-corrected chi connectivity index (χ4v) is 4.01. The second-order valence-electron chi connectivity index (χ2n) is 7.56. The Hall–Kier alpha value is -3.23. The second kappa shape index (κ2) is 7.55. The van der Waals surface area contributed by atoms with Crippen molar-refractivity contribution in [2.75, 3.05) is 39.3 Å². The van der Waals surface area contributed by atoms with Crippen LogP contribution in [0.5, 0.6) is 0 Å². The number of amides is 1. The average Bonchev–Trinajstić information content (AvgIpc) is 3.35. The second-order valence-corrected chi connectivity index (χ2v) is 7.56. The number of pyridine rings is 1. The third-order valence-corrected chi connectivity index (χ3v) is 5.63. The third-order valence-electron chi connectivity index (χ3n) is 5.63. The zero-order chi connectivity index (χ0) is 20.7. The molecule has 0 radical (unpaired) electrons. The van der Waals surface area contributed by atoms with E-state index in [1.807, 2.05) is 52.8 Å². The minimum Gasteiger partial charge on any atom is -0.441 e. The van der Waals surface area contributed by atoms with Crippen LogP contribution in [0.15, 0.2) is 47.1 Å². The van der Waals surface area contributed by atoms with Gasteiger partial charge in [0.25, 0.3) is 5.91 Å². The van der Waals surface area contributed by atoms with Gasteiger partial charge in [-0.1, -0.05) is 6.07 Å². The van der Waals surface area contributed by atoms with E-state index in [1.165, 1.54) is 0 Å². The van der Waals surface area contributed by atoms with Crippen LogP contribution >= 0.6 is 0 Å². The van der Waals surface area contributed by atoms with Crippen LogP contribution in [-0.4, -0.2) is 74.5 Å². The lowest BCUT2D eigenvalue weighted by molar-refractivity contribution is 0.0608. The molecule has 0 atom stereocenters. The molecule has 8 nitrogen and oxygen atoms in total. The Balaban J connectivity index is 1.45. The van der Waals surface area contributed by atoms with Crippen LogP contribution in [0.4, 0.5) is 0 Å². The summed E-state index contributed by atoms with van der Waals surface area (Å²) in [7, 11) is 0. The first kappa shape index (κ1) is 18.8. The van der Waals surface area contributed by atoms with Crippen LogP contribution in [0.1, 0.15) is 16.4 Å². The maximum Gasteiger partial charge on any atom is 0.272 e. The van der Waals surface area contributed by atoms with Crippen LogP contribution in [0, 0.1) is 6.92 Å². The normalized spacial score (nSPS) is 15.3. The van der Waals surface area contributed by atoms with Crippen LogP contribution in [0.2, 0.25) is 0 Å². The van der Waals surface area contributed by atoms with Gasteiger partial charge in [-0.05, 0) is 35.4 Å². The lowest BCUT2D eigenvalue weighted by Gasteiger charge is -2.34. The number of fused-ring (bicyclic) bond motifs is 2. The summed E-state index contributed by atoms with van der Waals surface area (Å²) in [4.78, 5) is 26.0. The van der Waals surface area contributed by atoms with Gasteiger partial charge in [-0.2, -0.15) is 0 Å². The number of aromatic nitrogens is 3. The highest BCUT2D eigenvalue weighted by molar-refractivity contribution is 5.93. The number of aryl methyl sites for hydroxylation is 1. The first-order valence-corrected chi connectivity index (χ1v) is 10.1. The van der Waals surface area contributed by atoms with Crippen LogP contribution in [0.25, 0.3) is 27.9 Å². The fourth-order valence-electron chi connectivity index (χ4n) is 4.01. The molecular weight excluding hydrogens is 382 g/mol. The Kier molecular flexibility index (Phi) is 4.72. The van der Waals surface area contributed by atoms with E-state index in [0.29, 0.717) is 31.2 Å². The van der Waals surface area contributed by atoms with Gasteiger partial charge in [0.15, 0.2) is 11.5 Å². The molecule has 0 unspecified atom stereocenters. The highest BCUT2D eigenvalue weighted by atomic mass is 16.3. The summed E-state index contributed by atoms with van der Waals surface area (Å²) in [5.74, 6) is 0.616. The topological polar surface area (TPSA) is 87.1 Å². The molecule has 1 saturated heterocycles.